The van der Waals surface area contributed by atoms with E-state index in [0.717, 1.165) is 22.0 Å². The maximum Gasteiger partial charge on any atom is 0.290 e. The van der Waals surface area contributed by atoms with Gasteiger partial charge in [0, 0.05) is 36.2 Å². The number of carbonyl (C=O) groups is 2. The summed E-state index contributed by atoms with van der Waals surface area (Å²) in [6.07, 6.45) is 4.11. The van der Waals surface area contributed by atoms with Crippen LogP contribution in [0.4, 0.5) is 0 Å². The number of aromatic nitrogens is 1. The van der Waals surface area contributed by atoms with Gasteiger partial charge < -0.3 is 28.7 Å². The van der Waals surface area contributed by atoms with E-state index in [9.17, 15) is 9.59 Å². The standard InChI is InChI=1S/C29H33N3O5/c1-20(2)32(29(34)26-10-7-15-37-26)19-28(33)31(18-21-11-12-25(35-3)27(16-21)36-4)14-13-22-17-30-24-9-6-5-8-23(22)24/h5-12,15-17,20,30H,13-14,18-19H2,1-4H3. The predicted octanol–water partition coefficient (Wildman–Crippen LogP) is 4.90. The molecule has 0 saturated heterocycles. The number of fused-ring (bicyclic) bond motifs is 1. The van der Waals surface area contributed by atoms with E-state index in [2.05, 4.69) is 11.1 Å². The molecule has 37 heavy (non-hydrogen) atoms. The molecule has 0 saturated carbocycles. The first kappa shape index (κ1) is 25.9. The number of benzene rings is 2. The smallest absolute Gasteiger partial charge is 0.290 e. The van der Waals surface area contributed by atoms with Gasteiger partial charge in [-0.15, -0.1) is 0 Å². The minimum atomic E-state index is -0.309. The molecular formula is C29H33N3O5. The number of H-pyrrole nitrogens is 1. The van der Waals surface area contributed by atoms with Crippen LogP contribution in [0.15, 0.2) is 71.5 Å². The van der Waals surface area contributed by atoms with Crippen LogP contribution in [-0.2, 0) is 17.8 Å². The molecule has 4 rings (SSSR count). The SMILES string of the molecule is COc1ccc(CN(CCc2c[nH]c3ccccc23)C(=O)CN(C(=O)c2ccco2)C(C)C)cc1OC. The van der Waals surface area contributed by atoms with Crippen LogP contribution in [0.25, 0.3) is 10.9 Å². The molecular weight excluding hydrogens is 470 g/mol. The van der Waals surface area contributed by atoms with Crippen molar-refractivity contribution in [2.75, 3.05) is 27.3 Å². The molecule has 2 amide bonds. The monoisotopic (exact) mass is 503 g/mol. The number of hydrogen-bond acceptors (Lipinski definition) is 5. The molecule has 194 valence electrons. The highest BCUT2D eigenvalue weighted by atomic mass is 16.5. The van der Waals surface area contributed by atoms with Gasteiger partial charge in [0.05, 0.1) is 20.5 Å². The van der Waals surface area contributed by atoms with Crippen molar-refractivity contribution in [1.82, 2.24) is 14.8 Å². The van der Waals surface area contributed by atoms with Crippen LogP contribution >= 0.6 is 0 Å². The second kappa shape index (κ2) is 11.7. The van der Waals surface area contributed by atoms with Crippen molar-refractivity contribution in [1.29, 1.82) is 0 Å². The summed E-state index contributed by atoms with van der Waals surface area (Å²) < 4.78 is 16.1. The fourth-order valence-corrected chi connectivity index (χ4v) is 4.36. The summed E-state index contributed by atoms with van der Waals surface area (Å²) in [5.41, 5.74) is 3.09. The van der Waals surface area contributed by atoms with Gasteiger partial charge in [0.15, 0.2) is 17.3 Å². The van der Waals surface area contributed by atoms with Gasteiger partial charge >= 0.3 is 0 Å². The number of rotatable bonds is 11. The van der Waals surface area contributed by atoms with Gasteiger partial charge in [-0.05, 0) is 61.7 Å². The third-order valence-electron chi connectivity index (χ3n) is 6.42. The Balaban J connectivity index is 1.57. The Morgan fingerprint density at radius 2 is 1.78 bits per heavy atom. The lowest BCUT2D eigenvalue weighted by Gasteiger charge is -2.30. The zero-order chi connectivity index (χ0) is 26.4. The van der Waals surface area contributed by atoms with Crippen molar-refractivity contribution in [3.8, 4) is 11.5 Å². The summed E-state index contributed by atoms with van der Waals surface area (Å²) in [6, 6.07) is 16.8. The van der Waals surface area contributed by atoms with Crippen molar-refractivity contribution >= 4 is 22.7 Å². The maximum absolute atomic E-state index is 13.7. The molecule has 0 aliphatic heterocycles. The van der Waals surface area contributed by atoms with E-state index in [1.54, 1.807) is 31.3 Å². The van der Waals surface area contributed by atoms with Crippen molar-refractivity contribution in [3.63, 3.8) is 0 Å². The van der Waals surface area contributed by atoms with Gasteiger partial charge in [0.25, 0.3) is 5.91 Å². The molecule has 8 nitrogen and oxygen atoms in total. The van der Waals surface area contributed by atoms with Gasteiger partial charge in [-0.1, -0.05) is 24.3 Å². The Morgan fingerprint density at radius 1 is 1.00 bits per heavy atom. The molecule has 4 aromatic rings. The predicted molar refractivity (Wildman–Crippen MR) is 142 cm³/mol. The van der Waals surface area contributed by atoms with Gasteiger partial charge in [-0.2, -0.15) is 0 Å². The molecule has 2 aromatic carbocycles. The average molecular weight is 504 g/mol. The normalized spacial score (nSPS) is 11.1. The number of ether oxygens (including phenoxy) is 2. The number of nitrogens with one attached hydrogen (secondary N) is 1. The van der Waals surface area contributed by atoms with Crippen molar-refractivity contribution in [3.05, 3.63) is 83.9 Å². The Kier molecular flexibility index (Phi) is 8.18. The molecule has 2 heterocycles. The zero-order valence-electron chi connectivity index (χ0n) is 21.7. The van der Waals surface area contributed by atoms with E-state index < -0.39 is 0 Å². The molecule has 2 aromatic heterocycles. The van der Waals surface area contributed by atoms with Crippen LogP contribution < -0.4 is 9.47 Å². The Labute approximate surface area is 216 Å². The Morgan fingerprint density at radius 3 is 2.49 bits per heavy atom. The summed E-state index contributed by atoms with van der Waals surface area (Å²) in [6.45, 7) is 4.56. The molecule has 0 aliphatic rings. The highest BCUT2D eigenvalue weighted by Crippen LogP contribution is 2.28. The number of carbonyl (C=O) groups excluding carboxylic acids is 2. The first-order valence-electron chi connectivity index (χ1n) is 12.3. The second-order valence-electron chi connectivity index (χ2n) is 9.12. The summed E-state index contributed by atoms with van der Waals surface area (Å²) in [7, 11) is 3.17. The Hall–Kier alpha value is -4.20. The molecule has 0 atom stereocenters. The van der Waals surface area contributed by atoms with Crippen molar-refractivity contribution < 1.29 is 23.5 Å². The summed E-state index contributed by atoms with van der Waals surface area (Å²) >= 11 is 0. The van der Waals surface area contributed by atoms with Crippen LogP contribution in [0.1, 0.15) is 35.5 Å². The molecule has 1 N–H and O–H groups in total. The number of furan rings is 1. The minimum absolute atomic E-state index is 0.0572. The van der Waals surface area contributed by atoms with Crippen molar-refractivity contribution in [2.45, 2.75) is 32.9 Å². The van der Waals surface area contributed by atoms with E-state index in [0.29, 0.717) is 31.0 Å². The van der Waals surface area contributed by atoms with E-state index in [1.807, 2.05) is 56.4 Å². The second-order valence-corrected chi connectivity index (χ2v) is 9.12. The lowest BCUT2D eigenvalue weighted by molar-refractivity contribution is -0.132. The quantitative estimate of drug-likeness (QED) is 0.315. The van der Waals surface area contributed by atoms with Crippen LogP contribution in [0.5, 0.6) is 11.5 Å². The van der Waals surface area contributed by atoms with Crippen molar-refractivity contribution in [2.24, 2.45) is 0 Å². The van der Waals surface area contributed by atoms with Gasteiger partial charge in [-0.25, -0.2) is 0 Å². The number of methoxy groups -OCH3 is 2. The van der Waals surface area contributed by atoms with Crippen LogP contribution in [0, 0.1) is 0 Å². The van der Waals surface area contributed by atoms with Gasteiger partial charge in [0.1, 0.15) is 6.54 Å². The average Bonchev–Trinajstić information content (AvgIpc) is 3.59. The highest BCUT2D eigenvalue weighted by molar-refractivity contribution is 5.94. The highest BCUT2D eigenvalue weighted by Gasteiger charge is 2.26. The number of amides is 2. The molecule has 0 bridgehead atoms. The fourth-order valence-electron chi connectivity index (χ4n) is 4.36. The lowest BCUT2D eigenvalue weighted by Crippen LogP contribution is -2.46. The minimum Gasteiger partial charge on any atom is -0.493 e. The number of nitrogens with zero attached hydrogens (tertiary/aromatic N) is 2. The van der Waals surface area contributed by atoms with E-state index >= 15 is 0 Å². The van der Waals surface area contributed by atoms with Gasteiger partial charge in [-0.3, -0.25) is 9.59 Å². The third-order valence-corrected chi connectivity index (χ3v) is 6.42. The first-order valence-corrected chi connectivity index (χ1v) is 12.3. The molecule has 0 radical (unpaired) electrons. The largest absolute Gasteiger partial charge is 0.493 e. The maximum atomic E-state index is 13.7. The van der Waals surface area contributed by atoms with Gasteiger partial charge in [0.2, 0.25) is 5.91 Å². The number of aromatic amines is 1. The summed E-state index contributed by atoms with van der Waals surface area (Å²) in [4.78, 5) is 33.3. The summed E-state index contributed by atoms with van der Waals surface area (Å²) in [5, 5.41) is 1.14. The Bertz CT molecular complexity index is 1340. The lowest BCUT2D eigenvalue weighted by atomic mass is 10.1. The zero-order valence-corrected chi connectivity index (χ0v) is 21.7. The third kappa shape index (κ3) is 5.97. The molecule has 0 fully saturated rings. The van der Waals surface area contributed by atoms with E-state index in [1.165, 1.54) is 11.2 Å². The van der Waals surface area contributed by atoms with Crippen LogP contribution in [0.2, 0.25) is 0 Å². The number of hydrogen-bond donors (Lipinski definition) is 1. The molecule has 0 unspecified atom stereocenters. The fraction of sp³-hybridized carbons (Fsp3) is 0.310. The summed E-state index contributed by atoms with van der Waals surface area (Å²) in [5.74, 6) is 0.977. The van der Waals surface area contributed by atoms with E-state index in [-0.39, 0.29) is 30.2 Å². The molecule has 8 heteroatoms. The number of para-hydroxylation sites is 1. The molecule has 0 aliphatic carbocycles. The molecule has 0 spiro atoms. The topological polar surface area (TPSA) is 88.0 Å². The van der Waals surface area contributed by atoms with Crippen LogP contribution in [-0.4, -0.2) is 59.9 Å². The first-order chi connectivity index (χ1) is 17.9. The van der Waals surface area contributed by atoms with Crippen LogP contribution in [0.3, 0.4) is 0 Å². The van der Waals surface area contributed by atoms with E-state index in [4.69, 9.17) is 13.9 Å².